The van der Waals surface area contributed by atoms with Crippen molar-refractivity contribution in [2.24, 2.45) is 0 Å². The van der Waals surface area contributed by atoms with Crippen molar-refractivity contribution in [2.45, 2.75) is 4.90 Å². The highest BCUT2D eigenvalue weighted by atomic mass is 32.2. The van der Waals surface area contributed by atoms with Crippen molar-refractivity contribution in [1.29, 1.82) is 0 Å². The third-order valence-corrected chi connectivity index (χ3v) is 6.59. The van der Waals surface area contributed by atoms with Crippen LogP contribution in [0.5, 0.6) is 0 Å². The van der Waals surface area contributed by atoms with Crippen LogP contribution in [0.2, 0.25) is 0 Å². The first-order valence-corrected chi connectivity index (χ1v) is 10.6. The SMILES string of the molecule is O=C(CS(=O)(=O)c1c[nH]c2ccccc12)N1CCN(c2ccccc2)CC1. The normalized spacial score (nSPS) is 15.3. The van der Waals surface area contributed by atoms with Crippen LogP contribution in [0.3, 0.4) is 0 Å². The van der Waals surface area contributed by atoms with Gasteiger partial charge in [0, 0.05) is 49.0 Å². The van der Waals surface area contributed by atoms with E-state index in [0.29, 0.717) is 31.6 Å². The van der Waals surface area contributed by atoms with E-state index in [2.05, 4.69) is 9.88 Å². The highest BCUT2D eigenvalue weighted by Gasteiger charge is 2.28. The highest BCUT2D eigenvalue weighted by Crippen LogP contribution is 2.24. The largest absolute Gasteiger partial charge is 0.368 e. The molecule has 1 amide bonds. The molecule has 0 bridgehead atoms. The number of fused-ring (bicyclic) bond motifs is 1. The standard InChI is InChI=1S/C20H21N3O3S/c24-20(23-12-10-22(11-13-23)16-6-2-1-3-7-16)15-27(25,26)19-14-21-18-9-5-4-8-17(18)19/h1-9,14,21H,10-13,15H2. The van der Waals surface area contributed by atoms with Gasteiger partial charge in [0.2, 0.25) is 5.91 Å². The molecule has 1 N–H and O–H groups in total. The van der Waals surface area contributed by atoms with Crippen LogP contribution in [0.4, 0.5) is 5.69 Å². The molecule has 2 heterocycles. The second-order valence-electron chi connectivity index (χ2n) is 6.66. The molecule has 1 aliphatic rings. The van der Waals surface area contributed by atoms with E-state index in [0.717, 1.165) is 11.2 Å². The number of hydrogen-bond donors (Lipinski definition) is 1. The van der Waals surface area contributed by atoms with Gasteiger partial charge in [-0.05, 0) is 18.2 Å². The lowest BCUT2D eigenvalue weighted by atomic mass is 10.2. The average Bonchev–Trinajstić information content (AvgIpc) is 3.14. The van der Waals surface area contributed by atoms with Crippen molar-refractivity contribution in [2.75, 3.05) is 36.8 Å². The van der Waals surface area contributed by atoms with E-state index in [1.807, 2.05) is 42.5 Å². The van der Waals surface area contributed by atoms with E-state index in [1.54, 1.807) is 17.0 Å². The Morgan fingerprint density at radius 3 is 2.33 bits per heavy atom. The van der Waals surface area contributed by atoms with Gasteiger partial charge >= 0.3 is 0 Å². The summed E-state index contributed by atoms with van der Waals surface area (Å²) < 4.78 is 25.5. The van der Waals surface area contributed by atoms with Crippen LogP contribution in [0.25, 0.3) is 10.9 Å². The first-order chi connectivity index (χ1) is 13.0. The Morgan fingerprint density at radius 2 is 1.59 bits per heavy atom. The Hall–Kier alpha value is -2.80. The number of H-pyrrole nitrogens is 1. The molecule has 1 aromatic heterocycles. The van der Waals surface area contributed by atoms with Gasteiger partial charge in [-0.1, -0.05) is 36.4 Å². The van der Waals surface area contributed by atoms with Gasteiger partial charge in [-0.3, -0.25) is 4.79 Å². The monoisotopic (exact) mass is 383 g/mol. The third-order valence-electron chi connectivity index (χ3n) is 4.95. The fourth-order valence-corrected chi connectivity index (χ4v) is 4.90. The fraction of sp³-hybridized carbons (Fsp3) is 0.250. The molecular weight excluding hydrogens is 362 g/mol. The Morgan fingerprint density at radius 1 is 0.926 bits per heavy atom. The summed E-state index contributed by atoms with van der Waals surface area (Å²) in [4.78, 5) is 19.6. The molecule has 0 unspecified atom stereocenters. The van der Waals surface area contributed by atoms with Gasteiger partial charge in [0.25, 0.3) is 0 Å². The predicted molar refractivity (Wildman–Crippen MR) is 106 cm³/mol. The van der Waals surface area contributed by atoms with E-state index in [9.17, 15) is 13.2 Å². The molecule has 0 aliphatic carbocycles. The van der Waals surface area contributed by atoms with Crippen LogP contribution in [0.15, 0.2) is 65.7 Å². The molecule has 140 valence electrons. The molecule has 7 heteroatoms. The van der Waals surface area contributed by atoms with Crippen molar-refractivity contribution < 1.29 is 13.2 Å². The summed E-state index contributed by atoms with van der Waals surface area (Å²) in [6.07, 6.45) is 1.47. The first-order valence-electron chi connectivity index (χ1n) is 8.91. The number of sulfone groups is 1. The lowest BCUT2D eigenvalue weighted by Gasteiger charge is -2.36. The number of carbonyl (C=O) groups excluding carboxylic acids is 1. The number of aromatic nitrogens is 1. The molecule has 4 rings (SSSR count). The van der Waals surface area contributed by atoms with Crippen LogP contribution >= 0.6 is 0 Å². The number of amides is 1. The van der Waals surface area contributed by atoms with Crippen molar-refractivity contribution in [1.82, 2.24) is 9.88 Å². The minimum Gasteiger partial charge on any atom is -0.368 e. The quantitative estimate of drug-likeness (QED) is 0.750. The molecule has 2 aromatic carbocycles. The van der Waals surface area contributed by atoms with Gasteiger partial charge in [0.15, 0.2) is 9.84 Å². The number of hydrogen-bond acceptors (Lipinski definition) is 4. The average molecular weight is 383 g/mol. The topological polar surface area (TPSA) is 73.5 Å². The zero-order chi connectivity index (χ0) is 18.9. The first kappa shape index (κ1) is 17.6. The fourth-order valence-electron chi connectivity index (χ4n) is 3.49. The van der Waals surface area contributed by atoms with Crippen molar-refractivity contribution in [3.63, 3.8) is 0 Å². The summed E-state index contributed by atoms with van der Waals surface area (Å²) in [6.45, 7) is 2.44. The maximum atomic E-state index is 12.8. The minimum atomic E-state index is -3.69. The molecule has 0 saturated carbocycles. The number of anilines is 1. The van der Waals surface area contributed by atoms with Crippen molar-refractivity contribution >= 4 is 32.3 Å². The molecule has 6 nitrogen and oxygen atoms in total. The molecule has 1 fully saturated rings. The number of nitrogens with one attached hydrogen (secondary N) is 1. The Bertz CT molecular complexity index is 1050. The summed E-state index contributed by atoms with van der Waals surface area (Å²) in [7, 11) is -3.69. The molecule has 1 saturated heterocycles. The van der Waals surface area contributed by atoms with Crippen LogP contribution in [-0.4, -0.2) is 56.1 Å². The molecule has 0 radical (unpaired) electrons. The number of para-hydroxylation sites is 2. The van der Waals surface area contributed by atoms with Crippen LogP contribution in [-0.2, 0) is 14.6 Å². The van der Waals surface area contributed by atoms with Crippen molar-refractivity contribution in [3.8, 4) is 0 Å². The molecule has 0 spiro atoms. The van der Waals surface area contributed by atoms with Gasteiger partial charge < -0.3 is 14.8 Å². The summed E-state index contributed by atoms with van der Waals surface area (Å²) in [5.41, 5.74) is 1.87. The molecular formula is C20H21N3O3S. The number of aromatic amines is 1. The zero-order valence-electron chi connectivity index (χ0n) is 14.8. The number of carbonyl (C=O) groups is 1. The Balaban J connectivity index is 1.43. The number of piperazine rings is 1. The van der Waals surface area contributed by atoms with E-state index < -0.39 is 15.6 Å². The van der Waals surface area contributed by atoms with Gasteiger partial charge in [-0.15, -0.1) is 0 Å². The highest BCUT2D eigenvalue weighted by molar-refractivity contribution is 7.92. The smallest absolute Gasteiger partial charge is 0.238 e. The maximum Gasteiger partial charge on any atom is 0.238 e. The molecule has 0 atom stereocenters. The van der Waals surface area contributed by atoms with Crippen LogP contribution in [0.1, 0.15) is 0 Å². The van der Waals surface area contributed by atoms with E-state index >= 15 is 0 Å². The maximum absolute atomic E-state index is 12.8. The van der Waals surface area contributed by atoms with Crippen LogP contribution in [0, 0.1) is 0 Å². The minimum absolute atomic E-state index is 0.189. The second kappa shape index (κ2) is 7.08. The lowest BCUT2D eigenvalue weighted by Crippen LogP contribution is -2.50. The summed E-state index contributed by atoms with van der Waals surface area (Å²) in [6, 6.07) is 17.2. The molecule has 27 heavy (non-hydrogen) atoms. The number of rotatable bonds is 4. The third kappa shape index (κ3) is 3.55. The van der Waals surface area contributed by atoms with Crippen molar-refractivity contribution in [3.05, 3.63) is 60.8 Å². The summed E-state index contributed by atoms with van der Waals surface area (Å²) >= 11 is 0. The van der Waals surface area contributed by atoms with E-state index in [1.165, 1.54) is 6.20 Å². The van der Waals surface area contributed by atoms with E-state index in [-0.39, 0.29) is 10.8 Å². The molecule has 3 aromatic rings. The van der Waals surface area contributed by atoms with Gasteiger partial charge in [-0.2, -0.15) is 0 Å². The summed E-state index contributed by atoms with van der Waals surface area (Å²) in [5, 5.41) is 0.624. The van der Waals surface area contributed by atoms with Gasteiger partial charge in [-0.25, -0.2) is 8.42 Å². The van der Waals surface area contributed by atoms with E-state index in [4.69, 9.17) is 0 Å². The number of nitrogens with zero attached hydrogens (tertiary/aromatic N) is 2. The second-order valence-corrected chi connectivity index (χ2v) is 8.62. The number of benzene rings is 2. The summed E-state index contributed by atoms with van der Waals surface area (Å²) in [5.74, 6) is -0.840. The van der Waals surface area contributed by atoms with Crippen LogP contribution < -0.4 is 4.90 Å². The Labute approximate surface area is 158 Å². The predicted octanol–water partition coefficient (Wildman–Crippen LogP) is 2.29. The zero-order valence-corrected chi connectivity index (χ0v) is 15.7. The van der Waals surface area contributed by atoms with Gasteiger partial charge in [0.1, 0.15) is 5.75 Å². The Kier molecular flexibility index (Phi) is 4.61. The lowest BCUT2D eigenvalue weighted by molar-refractivity contribution is -0.128. The molecule has 1 aliphatic heterocycles. The van der Waals surface area contributed by atoms with Gasteiger partial charge in [0.05, 0.1) is 4.90 Å².